The van der Waals surface area contributed by atoms with Crippen molar-refractivity contribution in [3.05, 3.63) is 65.9 Å². The van der Waals surface area contributed by atoms with Gasteiger partial charge in [-0.05, 0) is 96.8 Å². The van der Waals surface area contributed by atoms with Crippen molar-refractivity contribution < 1.29 is 33.0 Å². The molecule has 2 N–H and O–H groups in total. The van der Waals surface area contributed by atoms with Crippen molar-refractivity contribution in [2.24, 2.45) is 13.0 Å². The van der Waals surface area contributed by atoms with E-state index in [-0.39, 0.29) is 29.8 Å². The molecule has 1 saturated heterocycles. The monoisotopic (exact) mass is 680 g/mol. The first-order valence-corrected chi connectivity index (χ1v) is 17.1. The number of nitrogens with zero attached hydrogens (tertiary/aromatic N) is 2. The van der Waals surface area contributed by atoms with Gasteiger partial charge in [0, 0.05) is 35.5 Å². The molecule has 4 atom stereocenters. The maximum atomic E-state index is 13.2. The molecular formula is C38H53FN4O6. The number of likely N-dealkylation sites (tertiary alicyclic amines) is 1. The highest BCUT2D eigenvalue weighted by molar-refractivity contribution is 6.00. The molecule has 2 heterocycles. The third kappa shape index (κ3) is 11.4. The highest BCUT2D eigenvalue weighted by Gasteiger charge is 2.38. The average Bonchev–Trinajstić information content (AvgIpc) is 3.61. The molecule has 3 aromatic rings. The van der Waals surface area contributed by atoms with Crippen LogP contribution in [0, 0.1) is 5.92 Å². The molecule has 1 aromatic heterocycles. The highest BCUT2D eigenvalue weighted by Crippen LogP contribution is 2.33. The number of ether oxygens (including phenoxy) is 2. The van der Waals surface area contributed by atoms with Gasteiger partial charge < -0.3 is 29.5 Å². The maximum absolute atomic E-state index is 13.2. The molecule has 49 heavy (non-hydrogen) atoms. The van der Waals surface area contributed by atoms with Crippen molar-refractivity contribution in [1.29, 1.82) is 0 Å². The lowest BCUT2D eigenvalue weighted by Crippen LogP contribution is -2.40. The van der Waals surface area contributed by atoms with Gasteiger partial charge in [-0.15, -0.1) is 0 Å². The number of carbonyl (C=O) groups excluding carboxylic acids is 4. The maximum Gasteiger partial charge on any atom is 0.407 e. The molecule has 4 unspecified atom stereocenters. The van der Waals surface area contributed by atoms with Crippen LogP contribution in [0.2, 0.25) is 0 Å². The molecule has 2 amide bonds. The number of aldehydes is 1. The third-order valence-electron chi connectivity index (χ3n) is 8.69. The molecule has 0 bridgehead atoms. The SMILES string of the molecule is CCC(C=O)CCCC(CF)NC(=O)OC(C)(C)C.CCOC(=O)c1cc2cc(NC(=O)C3C(c4ccccc4)CCN3C)ccc2n1C. The molecule has 0 saturated carbocycles. The summed E-state index contributed by atoms with van der Waals surface area (Å²) in [5.74, 6) is -0.154. The predicted octanol–water partition coefficient (Wildman–Crippen LogP) is 7.03. The van der Waals surface area contributed by atoms with Gasteiger partial charge in [-0.1, -0.05) is 43.7 Å². The van der Waals surface area contributed by atoms with E-state index in [1.165, 1.54) is 5.56 Å². The Morgan fingerprint density at radius 3 is 2.37 bits per heavy atom. The van der Waals surface area contributed by atoms with Gasteiger partial charge in [0.15, 0.2) is 0 Å². The van der Waals surface area contributed by atoms with Crippen LogP contribution >= 0.6 is 0 Å². The number of likely N-dealkylation sites (N-methyl/N-ethyl adjacent to an activating group) is 1. The topological polar surface area (TPSA) is 119 Å². The zero-order valence-corrected chi connectivity index (χ0v) is 30.0. The summed E-state index contributed by atoms with van der Waals surface area (Å²) in [6.45, 7) is 9.60. The summed E-state index contributed by atoms with van der Waals surface area (Å²) in [4.78, 5) is 49.6. The molecule has 1 fully saturated rings. The van der Waals surface area contributed by atoms with Crippen LogP contribution in [0.4, 0.5) is 14.9 Å². The lowest BCUT2D eigenvalue weighted by atomic mass is 9.91. The second-order valence-electron chi connectivity index (χ2n) is 13.5. The van der Waals surface area contributed by atoms with Gasteiger partial charge in [0.05, 0.1) is 18.7 Å². The number of alkyl carbamates (subject to hydrolysis) is 1. The minimum Gasteiger partial charge on any atom is -0.461 e. The summed E-state index contributed by atoms with van der Waals surface area (Å²) in [5.41, 5.74) is 2.74. The predicted molar refractivity (Wildman–Crippen MR) is 191 cm³/mol. The van der Waals surface area contributed by atoms with Crippen LogP contribution in [0.5, 0.6) is 0 Å². The van der Waals surface area contributed by atoms with E-state index in [1.807, 2.05) is 62.0 Å². The van der Waals surface area contributed by atoms with E-state index in [0.29, 0.717) is 25.1 Å². The van der Waals surface area contributed by atoms with Crippen LogP contribution in [-0.2, 0) is 26.1 Å². The van der Waals surface area contributed by atoms with E-state index < -0.39 is 24.4 Å². The summed E-state index contributed by atoms with van der Waals surface area (Å²) in [6, 6.07) is 17.0. The van der Waals surface area contributed by atoms with Gasteiger partial charge in [0.1, 0.15) is 24.3 Å². The van der Waals surface area contributed by atoms with Gasteiger partial charge in [-0.3, -0.25) is 9.69 Å². The van der Waals surface area contributed by atoms with Crippen molar-refractivity contribution in [2.75, 3.05) is 32.2 Å². The number of hydrogen-bond acceptors (Lipinski definition) is 7. The first kappa shape index (κ1) is 39.2. The van der Waals surface area contributed by atoms with E-state index in [2.05, 4.69) is 27.7 Å². The Kier molecular flexibility index (Phi) is 14.8. The number of alkyl halides is 1. The van der Waals surface area contributed by atoms with Crippen LogP contribution in [0.25, 0.3) is 10.9 Å². The molecule has 268 valence electrons. The Hall–Kier alpha value is -4.25. The van der Waals surface area contributed by atoms with Crippen LogP contribution in [0.3, 0.4) is 0 Å². The Morgan fingerprint density at radius 1 is 1.04 bits per heavy atom. The Labute approximate surface area is 289 Å². The highest BCUT2D eigenvalue weighted by atomic mass is 19.1. The minimum absolute atomic E-state index is 0.00949. The van der Waals surface area contributed by atoms with E-state index in [0.717, 1.165) is 48.7 Å². The number of benzene rings is 2. The Morgan fingerprint density at radius 2 is 1.76 bits per heavy atom. The van der Waals surface area contributed by atoms with E-state index in [9.17, 15) is 23.6 Å². The fourth-order valence-electron chi connectivity index (χ4n) is 6.08. The molecule has 1 aliphatic heterocycles. The van der Waals surface area contributed by atoms with Crippen LogP contribution in [0.15, 0.2) is 54.6 Å². The summed E-state index contributed by atoms with van der Waals surface area (Å²) < 4.78 is 24.8. The van der Waals surface area contributed by atoms with E-state index in [1.54, 1.807) is 33.8 Å². The van der Waals surface area contributed by atoms with Gasteiger partial charge in [-0.2, -0.15) is 0 Å². The zero-order chi connectivity index (χ0) is 36.1. The standard InChI is InChI=1S/C24H27N3O3.C14H26FNO3/c1-4-30-24(29)21-15-17-14-18(10-11-20(17)27(21)3)25-23(28)22-19(12-13-26(22)2)16-8-6-5-7-9-16;1-5-11(10-17)7-6-8-12(9-15)16-13(18)19-14(2,3)4/h5-11,14-15,19,22H,4,12-13H2,1-3H3,(H,25,28);10-12H,5-9H2,1-4H3,(H,16,18). The third-order valence-corrected chi connectivity index (χ3v) is 8.69. The lowest BCUT2D eigenvalue weighted by Gasteiger charge is -2.24. The first-order valence-electron chi connectivity index (χ1n) is 17.1. The van der Waals surface area contributed by atoms with E-state index >= 15 is 0 Å². The minimum atomic E-state index is -0.628. The summed E-state index contributed by atoms with van der Waals surface area (Å²) in [5, 5.41) is 6.48. The number of aryl methyl sites for hydroxylation is 1. The lowest BCUT2D eigenvalue weighted by molar-refractivity contribution is -0.120. The quantitative estimate of drug-likeness (QED) is 0.147. The molecular weight excluding hydrogens is 627 g/mol. The summed E-state index contributed by atoms with van der Waals surface area (Å²) >= 11 is 0. The number of carbonyl (C=O) groups is 4. The molecule has 0 radical (unpaired) electrons. The molecule has 4 rings (SSSR count). The number of esters is 1. The number of halogens is 1. The Balaban J connectivity index is 0.000000298. The van der Waals surface area contributed by atoms with Gasteiger partial charge in [0.25, 0.3) is 0 Å². The van der Waals surface area contributed by atoms with Crippen LogP contribution < -0.4 is 10.6 Å². The number of aromatic nitrogens is 1. The fraction of sp³-hybridized carbons (Fsp3) is 0.526. The number of fused-ring (bicyclic) bond motifs is 1. The summed E-state index contributed by atoms with van der Waals surface area (Å²) in [7, 11) is 3.84. The molecule has 0 aliphatic carbocycles. The fourth-order valence-corrected chi connectivity index (χ4v) is 6.08. The van der Waals surface area contributed by atoms with Crippen molar-refractivity contribution in [3.8, 4) is 0 Å². The van der Waals surface area contributed by atoms with Crippen LogP contribution in [0.1, 0.15) is 88.7 Å². The molecule has 0 spiro atoms. The van der Waals surface area contributed by atoms with Crippen molar-refractivity contribution in [2.45, 2.75) is 90.3 Å². The largest absolute Gasteiger partial charge is 0.461 e. The number of nitrogens with one attached hydrogen (secondary N) is 2. The number of amides is 2. The van der Waals surface area contributed by atoms with Crippen molar-refractivity contribution in [3.63, 3.8) is 0 Å². The van der Waals surface area contributed by atoms with Gasteiger partial charge in [0.2, 0.25) is 5.91 Å². The van der Waals surface area contributed by atoms with Crippen LogP contribution in [-0.4, -0.2) is 78.3 Å². The second kappa shape index (κ2) is 18.5. The van der Waals surface area contributed by atoms with Gasteiger partial charge >= 0.3 is 12.1 Å². The van der Waals surface area contributed by atoms with Gasteiger partial charge in [-0.25, -0.2) is 14.0 Å². The number of anilines is 1. The second-order valence-corrected chi connectivity index (χ2v) is 13.5. The average molecular weight is 681 g/mol. The smallest absolute Gasteiger partial charge is 0.407 e. The summed E-state index contributed by atoms with van der Waals surface area (Å²) in [6.07, 6.45) is 4.04. The molecule has 10 nitrogen and oxygen atoms in total. The molecule has 1 aliphatic rings. The number of hydrogen-bond donors (Lipinski definition) is 2. The molecule has 11 heteroatoms. The Bertz CT molecular complexity index is 1540. The zero-order valence-electron chi connectivity index (χ0n) is 30.0. The normalized spacial score (nSPS) is 17.4. The van der Waals surface area contributed by atoms with Crippen molar-refractivity contribution in [1.82, 2.24) is 14.8 Å². The number of rotatable bonds is 13. The first-order chi connectivity index (χ1) is 23.3. The van der Waals surface area contributed by atoms with E-state index in [4.69, 9.17) is 9.47 Å². The van der Waals surface area contributed by atoms with Crippen molar-refractivity contribution >= 4 is 40.8 Å². The molecule has 2 aromatic carbocycles.